The van der Waals surface area contributed by atoms with Crippen molar-refractivity contribution in [3.8, 4) is 0 Å². The van der Waals surface area contributed by atoms with Crippen LogP contribution in [0.5, 0.6) is 0 Å². The van der Waals surface area contributed by atoms with Crippen molar-refractivity contribution in [2.45, 2.75) is 25.3 Å². The van der Waals surface area contributed by atoms with Crippen LogP contribution in [0.25, 0.3) is 0 Å². The second-order valence-corrected chi connectivity index (χ2v) is 5.17. The molecule has 1 aliphatic carbocycles. The third-order valence-corrected chi connectivity index (χ3v) is 3.70. The van der Waals surface area contributed by atoms with E-state index in [9.17, 15) is 0 Å². The van der Waals surface area contributed by atoms with Crippen molar-refractivity contribution in [1.29, 1.82) is 0 Å². The summed E-state index contributed by atoms with van der Waals surface area (Å²) in [4.78, 5) is 17.0. The van der Waals surface area contributed by atoms with Crippen molar-refractivity contribution in [2.75, 3.05) is 36.2 Å². The summed E-state index contributed by atoms with van der Waals surface area (Å²) >= 11 is 0. The third kappa shape index (κ3) is 1.77. The van der Waals surface area contributed by atoms with Gasteiger partial charge >= 0.3 is 0 Å². The SMILES string of the molecule is CN(C)c1nc(N)nc(N2CC3CCC2C3)n1. The molecule has 6 heteroatoms. The van der Waals surface area contributed by atoms with Gasteiger partial charge < -0.3 is 15.5 Å². The average Bonchev–Trinajstić information content (AvgIpc) is 2.89. The quantitative estimate of drug-likeness (QED) is 0.804. The minimum absolute atomic E-state index is 0.307. The second kappa shape index (κ2) is 3.72. The van der Waals surface area contributed by atoms with E-state index < -0.39 is 0 Å². The van der Waals surface area contributed by atoms with Crippen LogP contribution >= 0.6 is 0 Å². The molecule has 17 heavy (non-hydrogen) atoms. The summed E-state index contributed by atoms with van der Waals surface area (Å²) in [5.41, 5.74) is 5.75. The Balaban J connectivity index is 1.92. The fourth-order valence-corrected chi connectivity index (χ4v) is 2.87. The lowest BCUT2D eigenvalue weighted by atomic mass is 10.1. The number of hydrogen-bond donors (Lipinski definition) is 1. The predicted octanol–water partition coefficient (Wildman–Crippen LogP) is 0.508. The molecule has 3 rings (SSSR count). The van der Waals surface area contributed by atoms with E-state index in [0.717, 1.165) is 18.4 Å². The van der Waals surface area contributed by atoms with Gasteiger partial charge in [0.1, 0.15) is 0 Å². The number of anilines is 3. The minimum atomic E-state index is 0.307. The molecule has 6 nitrogen and oxygen atoms in total. The van der Waals surface area contributed by atoms with E-state index in [2.05, 4.69) is 19.9 Å². The fourth-order valence-electron chi connectivity index (χ4n) is 2.87. The van der Waals surface area contributed by atoms with E-state index >= 15 is 0 Å². The molecule has 2 N–H and O–H groups in total. The monoisotopic (exact) mass is 234 g/mol. The van der Waals surface area contributed by atoms with Crippen molar-refractivity contribution in [2.24, 2.45) is 5.92 Å². The first-order valence-corrected chi connectivity index (χ1v) is 6.09. The van der Waals surface area contributed by atoms with Gasteiger partial charge in [0.15, 0.2) is 0 Å². The van der Waals surface area contributed by atoms with Crippen molar-refractivity contribution in [3.63, 3.8) is 0 Å². The van der Waals surface area contributed by atoms with Gasteiger partial charge in [-0.05, 0) is 25.2 Å². The Labute approximate surface area is 101 Å². The number of rotatable bonds is 2. The molecule has 1 saturated heterocycles. The molecule has 0 amide bonds. The Morgan fingerprint density at radius 2 is 2.06 bits per heavy atom. The van der Waals surface area contributed by atoms with Gasteiger partial charge in [0.05, 0.1) is 0 Å². The second-order valence-electron chi connectivity index (χ2n) is 5.17. The van der Waals surface area contributed by atoms with Gasteiger partial charge in [0, 0.05) is 26.7 Å². The van der Waals surface area contributed by atoms with Crippen molar-refractivity contribution < 1.29 is 0 Å². The molecular formula is C11H18N6. The molecule has 0 radical (unpaired) electrons. The van der Waals surface area contributed by atoms with Crippen LogP contribution in [0.15, 0.2) is 0 Å². The van der Waals surface area contributed by atoms with Gasteiger partial charge in [-0.1, -0.05) is 0 Å². The average molecular weight is 234 g/mol. The van der Waals surface area contributed by atoms with Crippen LogP contribution in [-0.4, -0.2) is 41.6 Å². The van der Waals surface area contributed by atoms with Crippen LogP contribution in [-0.2, 0) is 0 Å². The lowest BCUT2D eigenvalue weighted by Crippen LogP contribution is -2.34. The third-order valence-electron chi connectivity index (χ3n) is 3.70. The highest BCUT2D eigenvalue weighted by molar-refractivity contribution is 5.44. The van der Waals surface area contributed by atoms with Crippen molar-refractivity contribution in [3.05, 3.63) is 0 Å². The smallest absolute Gasteiger partial charge is 0.232 e. The van der Waals surface area contributed by atoms with E-state index in [0.29, 0.717) is 17.9 Å². The summed E-state index contributed by atoms with van der Waals surface area (Å²) in [6.07, 6.45) is 3.89. The molecule has 2 heterocycles. The lowest BCUT2D eigenvalue weighted by Gasteiger charge is -2.27. The molecule has 2 atom stereocenters. The molecule has 1 aromatic rings. The zero-order valence-electron chi connectivity index (χ0n) is 10.3. The number of nitrogen functional groups attached to an aromatic ring is 1. The Kier molecular flexibility index (Phi) is 2.31. The summed E-state index contributed by atoms with van der Waals surface area (Å²) in [6, 6.07) is 0.608. The predicted molar refractivity (Wildman–Crippen MR) is 67.0 cm³/mol. The molecule has 2 fully saturated rings. The van der Waals surface area contributed by atoms with Gasteiger partial charge in [0.25, 0.3) is 0 Å². The molecule has 1 aromatic heterocycles. The van der Waals surface area contributed by atoms with E-state index in [1.54, 1.807) is 0 Å². The maximum absolute atomic E-state index is 5.75. The van der Waals surface area contributed by atoms with Gasteiger partial charge in [-0.15, -0.1) is 0 Å². The van der Waals surface area contributed by atoms with Crippen LogP contribution in [0, 0.1) is 5.92 Å². The Bertz CT molecular complexity index is 432. The number of aromatic nitrogens is 3. The van der Waals surface area contributed by atoms with E-state index in [4.69, 9.17) is 5.73 Å². The molecule has 2 unspecified atom stereocenters. The fraction of sp³-hybridized carbons (Fsp3) is 0.727. The summed E-state index contributed by atoms with van der Waals surface area (Å²) in [6.45, 7) is 1.07. The number of nitrogens with zero attached hydrogens (tertiary/aromatic N) is 5. The Hall–Kier alpha value is -1.59. The van der Waals surface area contributed by atoms with Crippen molar-refractivity contribution in [1.82, 2.24) is 15.0 Å². The number of piperidine rings is 1. The maximum atomic E-state index is 5.75. The summed E-state index contributed by atoms with van der Waals surface area (Å²) < 4.78 is 0. The normalized spacial score (nSPS) is 26.6. The van der Waals surface area contributed by atoms with Gasteiger partial charge in [-0.3, -0.25) is 0 Å². The van der Waals surface area contributed by atoms with Crippen LogP contribution in [0.1, 0.15) is 19.3 Å². The molecule has 92 valence electrons. The van der Waals surface area contributed by atoms with E-state index in [1.807, 2.05) is 19.0 Å². The first-order valence-electron chi connectivity index (χ1n) is 6.09. The number of hydrogen-bond acceptors (Lipinski definition) is 6. The first-order chi connectivity index (χ1) is 8.13. The molecule has 2 bridgehead atoms. The standard InChI is InChI=1S/C11H18N6/c1-16(2)10-13-9(12)14-11(15-10)17-6-7-3-4-8(17)5-7/h7-8H,3-6H2,1-2H3,(H2,12,13,14,15). The topological polar surface area (TPSA) is 71.2 Å². The van der Waals surface area contributed by atoms with Gasteiger partial charge in [0.2, 0.25) is 17.8 Å². The Morgan fingerprint density at radius 1 is 1.24 bits per heavy atom. The zero-order valence-corrected chi connectivity index (χ0v) is 10.3. The van der Waals surface area contributed by atoms with Gasteiger partial charge in [-0.2, -0.15) is 15.0 Å². The lowest BCUT2D eigenvalue weighted by molar-refractivity contribution is 0.546. The highest BCUT2D eigenvalue weighted by Gasteiger charge is 2.39. The van der Waals surface area contributed by atoms with Crippen LogP contribution in [0.3, 0.4) is 0 Å². The molecule has 1 aliphatic heterocycles. The number of nitrogens with two attached hydrogens (primary N) is 1. The minimum Gasteiger partial charge on any atom is -0.368 e. The Morgan fingerprint density at radius 3 is 2.65 bits per heavy atom. The highest BCUT2D eigenvalue weighted by atomic mass is 15.4. The van der Waals surface area contributed by atoms with Crippen LogP contribution in [0.4, 0.5) is 17.8 Å². The summed E-state index contributed by atoms with van der Waals surface area (Å²) in [5, 5.41) is 0. The first kappa shape index (κ1) is 10.6. The summed E-state index contributed by atoms with van der Waals surface area (Å²) in [7, 11) is 3.82. The molecular weight excluding hydrogens is 216 g/mol. The highest BCUT2D eigenvalue weighted by Crippen LogP contribution is 2.39. The van der Waals surface area contributed by atoms with Gasteiger partial charge in [-0.25, -0.2) is 0 Å². The molecule has 0 spiro atoms. The molecule has 2 aliphatic rings. The van der Waals surface area contributed by atoms with Crippen LogP contribution < -0.4 is 15.5 Å². The molecule has 0 aromatic carbocycles. The van der Waals surface area contributed by atoms with Crippen molar-refractivity contribution >= 4 is 17.8 Å². The van der Waals surface area contributed by atoms with E-state index in [-0.39, 0.29) is 0 Å². The van der Waals surface area contributed by atoms with E-state index in [1.165, 1.54) is 19.3 Å². The summed E-state index contributed by atoms with van der Waals surface area (Å²) in [5.74, 6) is 2.51. The molecule has 1 saturated carbocycles. The maximum Gasteiger partial charge on any atom is 0.232 e. The number of fused-ring (bicyclic) bond motifs is 2. The zero-order chi connectivity index (χ0) is 12.0. The van der Waals surface area contributed by atoms with Crippen LogP contribution in [0.2, 0.25) is 0 Å². The largest absolute Gasteiger partial charge is 0.368 e.